The van der Waals surface area contributed by atoms with Gasteiger partial charge >= 0.3 is 5.97 Å². The van der Waals surface area contributed by atoms with Crippen molar-refractivity contribution in [3.8, 4) is 5.88 Å². The molecule has 4 nitrogen and oxygen atoms in total. The molecule has 0 aliphatic carbocycles. The van der Waals surface area contributed by atoms with Crippen molar-refractivity contribution in [1.82, 2.24) is 4.98 Å². The van der Waals surface area contributed by atoms with Crippen LogP contribution >= 0.6 is 0 Å². The Morgan fingerprint density at radius 2 is 2.31 bits per heavy atom. The van der Waals surface area contributed by atoms with Crippen molar-refractivity contribution in [3.05, 3.63) is 30.0 Å². The van der Waals surface area contributed by atoms with E-state index in [1.54, 1.807) is 32.4 Å². The summed E-state index contributed by atoms with van der Waals surface area (Å²) in [5.74, 6) is 0.350. The van der Waals surface area contributed by atoms with Crippen molar-refractivity contribution in [2.75, 3.05) is 13.7 Å². The van der Waals surface area contributed by atoms with Gasteiger partial charge in [0.25, 0.3) is 0 Å². The Balaban J connectivity index is 2.46. The van der Waals surface area contributed by atoms with E-state index in [1.165, 1.54) is 0 Å². The number of rotatable bonds is 5. The molecule has 0 radical (unpaired) electrons. The van der Waals surface area contributed by atoms with Crippen LogP contribution in [0.4, 0.5) is 0 Å². The minimum absolute atomic E-state index is 0.222. The lowest BCUT2D eigenvalue weighted by molar-refractivity contribution is -0.142. The fourth-order valence-corrected chi connectivity index (χ4v) is 1.12. The van der Waals surface area contributed by atoms with Gasteiger partial charge in [-0.15, -0.1) is 0 Å². The molecule has 0 atom stereocenters. The zero-order valence-corrected chi connectivity index (χ0v) is 9.47. The van der Waals surface area contributed by atoms with Crippen molar-refractivity contribution >= 4 is 12.0 Å². The fraction of sp³-hybridized carbons (Fsp3) is 0.333. The van der Waals surface area contributed by atoms with Crippen LogP contribution in [0, 0.1) is 0 Å². The highest BCUT2D eigenvalue weighted by molar-refractivity contribution is 5.72. The summed E-state index contributed by atoms with van der Waals surface area (Å²) in [6.07, 6.45) is 5.53. The molecule has 1 aromatic heterocycles. The average Bonchev–Trinajstić information content (AvgIpc) is 2.30. The number of nitrogens with zero attached hydrogens (tertiary/aromatic N) is 1. The van der Waals surface area contributed by atoms with Crippen LogP contribution in [-0.4, -0.2) is 24.7 Å². The molecule has 0 saturated heterocycles. The second-order valence-electron chi connectivity index (χ2n) is 3.05. The summed E-state index contributed by atoms with van der Waals surface area (Å²) >= 11 is 0. The third kappa shape index (κ3) is 4.13. The van der Waals surface area contributed by atoms with Gasteiger partial charge in [-0.1, -0.05) is 12.2 Å². The Labute approximate surface area is 94.9 Å². The summed E-state index contributed by atoms with van der Waals surface area (Å²) in [6.45, 7) is 2.20. The molecule has 0 aromatic carbocycles. The first-order valence-electron chi connectivity index (χ1n) is 5.08. The third-order valence-corrected chi connectivity index (χ3v) is 1.87. The van der Waals surface area contributed by atoms with Crippen molar-refractivity contribution in [1.29, 1.82) is 0 Å². The predicted molar refractivity (Wildman–Crippen MR) is 61.1 cm³/mol. The normalized spacial score (nSPS) is 10.4. The Hall–Kier alpha value is -1.84. The van der Waals surface area contributed by atoms with E-state index >= 15 is 0 Å². The summed E-state index contributed by atoms with van der Waals surface area (Å²) < 4.78 is 9.73. The second-order valence-corrected chi connectivity index (χ2v) is 3.05. The van der Waals surface area contributed by atoms with Gasteiger partial charge in [0.2, 0.25) is 5.88 Å². The molecule has 1 aromatic rings. The molecule has 1 heterocycles. The van der Waals surface area contributed by atoms with Crippen LogP contribution in [0.15, 0.2) is 24.4 Å². The molecular formula is C12H15NO3. The van der Waals surface area contributed by atoms with Gasteiger partial charge in [-0.25, -0.2) is 4.98 Å². The number of esters is 1. The number of hydrogen-bond acceptors (Lipinski definition) is 4. The Bertz CT molecular complexity index is 357. The molecule has 0 amide bonds. The van der Waals surface area contributed by atoms with E-state index in [1.807, 2.05) is 12.1 Å². The smallest absolute Gasteiger partial charge is 0.309 e. The molecule has 1 rings (SSSR count). The standard InChI is InChI=1S/C12H15NO3/c1-3-16-12(14)6-4-5-10-7-8-11(15-2)13-9-10/h4-5,7-9H,3,6H2,1-2H3. The number of aromatic nitrogens is 1. The highest BCUT2D eigenvalue weighted by Crippen LogP contribution is 2.08. The van der Waals surface area contributed by atoms with Gasteiger partial charge in [0.1, 0.15) is 0 Å². The van der Waals surface area contributed by atoms with Gasteiger partial charge in [-0.05, 0) is 18.6 Å². The summed E-state index contributed by atoms with van der Waals surface area (Å²) in [5, 5.41) is 0. The number of hydrogen-bond donors (Lipinski definition) is 0. The zero-order chi connectivity index (χ0) is 11.8. The SMILES string of the molecule is CCOC(=O)CC=Cc1ccc(OC)nc1. The van der Waals surface area contributed by atoms with Crippen molar-refractivity contribution in [2.24, 2.45) is 0 Å². The van der Waals surface area contributed by atoms with Crippen molar-refractivity contribution in [3.63, 3.8) is 0 Å². The van der Waals surface area contributed by atoms with E-state index in [9.17, 15) is 4.79 Å². The van der Waals surface area contributed by atoms with Crippen molar-refractivity contribution < 1.29 is 14.3 Å². The van der Waals surface area contributed by atoms with Gasteiger partial charge < -0.3 is 9.47 Å². The number of ether oxygens (including phenoxy) is 2. The molecule has 16 heavy (non-hydrogen) atoms. The molecular weight excluding hydrogens is 206 g/mol. The summed E-state index contributed by atoms with van der Waals surface area (Å²) in [6, 6.07) is 3.64. The minimum atomic E-state index is -0.222. The van der Waals surface area contributed by atoms with E-state index in [0.717, 1.165) is 5.56 Å². The van der Waals surface area contributed by atoms with Crippen LogP contribution in [0.2, 0.25) is 0 Å². The van der Waals surface area contributed by atoms with Crippen molar-refractivity contribution in [2.45, 2.75) is 13.3 Å². The van der Waals surface area contributed by atoms with Crippen LogP contribution in [0.25, 0.3) is 6.08 Å². The van der Waals surface area contributed by atoms with Crippen LogP contribution in [0.1, 0.15) is 18.9 Å². The van der Waals surface area contributed by atoms with E-state index in [4.69, 9.17) is 9.47 Å². The maximum Gasteiger partial charge on any atom is 0.309 e. The third-order valence-electron chi connectivity index (χ3n) is 1.87. The van der Waals surface area contributed by atoms with Gasteiger partial charge in [-0.2, -0.15) is 0 Å². The van der Waals surface area contributed by atoms with Gasteiger partial charge in [-0.3, -0.25) is 4.79 Å². The Morgan fingerprint density at radius 3 is 2.88 bits per heavy atom. The molecule has 0 saturated carbocycles. The monoisotopic (exact) mass is 221 g/mol. The molecule has 0 fully saturated rings. The van der Waals surface area contributed by atoms with Crippen LogP contribution < -0.4 is 4.74 Å². The quantitative estimate of drug-likeness (QED) is 0.714. The number of carbonyl (C=O) groups is 1. The summed E-state index contributed by atoms with van der Waals surface area (Å²) in [4.78, 5) is 15.1. The number of methoxy groups -OCH3 is 1. The lowest BCUT2D eigenvalue weighted by Gasteiger charge is -1.98. The summed E-state index contributed by atoms with van der Waals surface area (Å²) in [5.41, 5.74) is 0.921. The van der Waals surface area contributed by atoms with E-state index in [2.05, 4.69) is 4.98 Å². The molecule has 0 aliphatic rings. The first-order chi connectivity index (χ1) is 7.76. The van der Waals surface area contributed by atoms with E-state index in [0.29, 0.717) is 12.5 Å². The molecule has 0 N–H and O–H groups in total. The van der Waals surface area contributed by atoms with E-state index in [-0.39, 0.29) is 12.4 Å². The highest BCUT2D eigenvalue weighted by Gasteiger charge is 1.96. The van der Waals surface area contributed by atoms with Gasteiger partial charge in [0, 0.05) is 12.3 Å². The predicted octanol–water partition coefficient (Wildman–Crippen LogP) is 2.06. The highest BCUT2D eigenvalue weighted by atomic mass is 16.5. The molecule has 4 heteroatoms. The van der Waals surface area contributed by atoms with E-state index < -0.39 is 0 Å². The second kappa shape index (κ2) is 6.61. The summed E-state index contributed by atoms with van der Waals surface area (Å²) in [7, 11) is 1.57. The van der Waals surface area contributed by atoms with Crippen LogP contribution in [-0.2, 0) is 9.53 Å². The minimum Gasteiger partial charge on any atom is -0.481 e. The maximum absolute atomic E-state index is 11.0. The molecule has 0 spiro atoms. The lowest BCUT2D eigenvalue weighted by atomic mass is 10.2. The Morgan fingerprint density at radius 1 is 1.50 bits per heavy atom. The Kier molecular flexibility index (Phi) is 5.05. The lowest BCUT2D eigenvalue weighted by Crippen LogP contribution is -2.01. The first kappa shape index (κ1) is 12.2. The average molecular weight is 221 g/mol. The maximum atomic E-state index is 11.0. The molecule has 86 valence electrons. The van der Waals surface area contributed by atoms with Gasteiger partial charge in [0.15, 0.2) is 0 Å². The fourth-order valence-electron chi connectivity index (χ4n) is 1.12. The molecule has 0 bridgehead atoms. The van der Waals surface area contributed by atoms with Gasteiger partial charge in [0.05, 0.1) is 20.1 Å². The zero-order valence-electron chi connectivity index (χ0n) is 9.47. The van der Waals surface area contributed by atoms with Crippen LogP contribution in [0.3, 0.4) is 0 Å². The first-order valence-corrected chi connectivity index (χ1v) is 5.08. The molecule has 0 aliphatic heterocycles. The largest absolute Gasteiger partial charge is 0.481 e. The van der Waals surface area contributed by atoms with Crippen LogP contribution in [0.5, 0.6) is 5.88 Å². The topological polar surface area (TPSA) is 48.4 Å². The number of carbonyl (C=O) groups excluding carboxylic acids is 1. The molecule has 0 unspecified atom stereocenters. The number of pyridine rings is 1.